The topological polar surface area (TPSA) is 58.6 Å². The van der Waals surface area contributed by atoms with Gasteiger partial charge in [0.2, 0.25) is 0 Å². The molecule has 0 aliphatic heterocycles. The molecule has 4 heteroatoms. The number of carbonyl (C=O) groups excluding carboxylic acids is 1. The summed E-state index contributed by atoms with van der Waals surface area (Å²) in [5, 5.41) is 12.6. The lowest BCUT2D eigenvalue weighted by Crippen LogP contribution is -2.37. The van der Waals surface area contributed by atoms with Crippen molar-refractivity contribution in [2.75, 3.05) is 7.11 Å². The number of hydrogen-bond acceptors (Lipinski definition) is 3. The van der Waals surface area contributed by atoms with E-state index in [1.807, 2.05) is 6.92 Å². The maximum atomic E-state index is 12.0. The Morgan fingerprint density at radius 2 is 2.11 bits per heavy atom. The van der Waals surface area contributed by atoms with Crippen molar-refractivity contribution in [3.8, 4) is 0 Å². The number of nitrogens with one attached hydrogen (secondary N) is 1. The van der Waals surface area contributed by atoms with E-state index in [9.17, 15) is 9.90 Å². The first kappa shape index (κ1) is 15.0. The van der Waals surface area contributed by atoms with Gasteiger partial charge in [-0.25, -0.2) is 0 Å². The predicted octanol–water partition coefficient (Wildman–Crippen LogP) is 2.13. The Labute approximate surface area is 109 Å². The van der Waals surface area contributed by atoms with Gasteiger partial charge in [0.1, 0.15) is 0 Å². The molecule has 0 radical (unpaired) electrons. The van der Waals surface area contributed by atoms with E-state index in [2.05, 4.69) is 5.32 Å². The van der Waals surface area contributed by atoms with E-state index in [0.717, 1.165) is 19.3 Å². The summed E-state index contributed by atoms with van der Waals surface area (Å²) in [7, 11) is 1.46. The molecule has 1 rings (SSSR count). The molecule has 1 aliphatic rings. The van der Waals surface area contributed by atoms with Crippen molar-refractivity contribution in [1.29, 1.82) is 0 Å². The van der Waals surface area contributed by atoms with Crippen LogP contribution in [0.1, 0.15) is 51.9 Å². The van der Waals surface area contributed by atoms with Crippen LogP contribution in [0.2, 0.25) is 0 Å². The Kier molecular flexibility index (Phi) is 6.80. The van der Waals surface area contributed by atoms with E-state index in [-0.39, 0.29) is 17.7 Å². The molecule has 0 heterocycles. The number of amides is 1. The van der Waals surface area contributed by atoms with E-state index in [0.29, 0.717) is 6.42 Å². The van der Waals surface area contributed by atoms with Crippen LogP contribution in [-0.2, 0) is 9.53 Å². The van der Waals surface area contributed by atoms with Crippen LogP contribution in [0, 0.1) is 0 Å². The fourth-order valence-electron chi connectivity index (χ4n) is 2.29. The second-order valence-electron chi connectivity index (χ2n) is 4.90. The molecular formula is C14H25NO3. The lowest BCUT2D eigenvalue weighted by atomic mass is 9.95. The lowest BCUT2D eigenvalue weighted by Gasteiger charge is -2.23. The van der Waals surface area contributed by atoms with Crippen LogP contribution in [0.15, 0.2) is 11.8 Å². The molecule has 104 valence electrons. The summed E-state index contributed by atoms with van der Waals surface area (Å²) >= 11 is 0. The largest absolute Gasteiger partial charge is 0.491 e. The Bertz CT molecular complexity index is 283. The quantitative estimate of drug-likeness (QED) is 0.564. The normalized spacial score (nSPS) is 19.4. The molecule has 0 saturated heterocycles. The average molecular weight is 255 g/mol. The molecule has 0 aromatic heterocycles. The number of methoxy groups -OCH3 is 1. The third-order valence-electron chi connectivity index (χ3n) is 3.31. The number of hydrogen-bond donors (Lipinski definition) is 2. The summed E-state index contributed by atoms with van der Waals surface area (Å²) < 4.78 is 5.06. The van der Waals surface area contributed by atoms with Gasteiger partial charge >= 0.3 is 0 Å². The highest BCUT2D eigenvalue weighted by Gasteiger charge is 2.19. The lowest BCUT2D eigenvalue weighted by molar-refractivity contribution is -0.121. The zero-order valence-corrected chi connectivity index (χ0v) is 11.4. The molecule has 4 nitrogen and oxygen atoms in total. The summed E-state index contributed by atoms with van der Waals surface area (Å²) in [6.07, 6.45) is 8.10. The third-order valence-corrected chi connectivity index (χ3v) is 3.31. The van der Waals surface area contributed by atoms with Gasteiger partial charge in [0.05, 0.1) is 13.2 Å². The van der Waals surface area contributed by atoms with E-state index < -0.39 is 6.10 Å². The van der Waals surface area contributed by atoms with Crippen molar-refractivity contribution in [3.63, 3.8) is 0 Å². The van der Waals surface area contributed by atoms with Crippen LogP contribution in [0.25, 0.3) is 0 Å². The Morgan fingerprint density at radius 1 is 1.44 bits per heavy atom. The highest BCUT2D eigenvalue weighted by molar-refractivity contribution is 5.91. The second-order valence-corrected chi connectivity index (χ2v) is 4.90. The smallest absolute Gasteiger partial charge is 0.286 e. The van der Waals surface area contributed by atoms with Gasteiger partial charge in [-0.3, -0.25) is 4.79 Å². The highest BCUT2D eigenvalue weighted by atomic mass is 16.5. The molecule has 1 saturated carbocycles. The molecule has 2 N–H and O–H groups in total. The van der Waals surface area contributed by atoms with E-state index >= 15 is 0 Å². The van der Waals surface area contributed by atoms with Gasteiger partial charge in [0, 0.05) is 6.04 Å². The first-order valence-corrected chi connectivity index (χ1v) is 6.92. The van der Waals surface area contributed by atoms with Crippen LogP contribution in [-0.4, -0.2) is 30.3 Å². The zero-order chi connectivity index (χ0) is 13.4. The molecule has 18 heavy (non-hydrogen) atoms. The van der Waals surface area contributed by atoms with Crippen molar-refractivity contribution in [2.24, 2.45) is 0 Å². The molecule has 1 unspecified atom stereocenters. The van der Waals surface area contributed by atoms with Gasteiger partial charge in [-0.2, -0.15) is 0 Å². The predicted molar refractivity (Wildman–Crippen MR) is 71.0 cm³/mol. The molecule has 0 aromatic carbocycles. The molecular weight excluding hydrogens is 230 g/mol. The monoisotopic (exact) mass is 255 g/mol. The van der Waals surface area contributed by atoms with Crippen molar-refractivity contribution in [3.05, 3.63) is 11.8 Å². The number of carbonyl (C=O) groups is 1. The van der Waals surface area contributed by atoms with Gasteiger partial charge in [-0.05, 0) is 25.3 Å². The molecule has 0 bridgehead atoms. The Hall–Kier alpha value is -1.03. The van der Waals surface area contributed by atoms with Gasteiger partial charge in [-0.15, -0.1) is 0 Å². The first-order valence-electron chi connectivity index (χ1n) is 6.92. The molecule has 1 amide bonds. The molecule has 0 spiro atoms. The summed E-state index contributed by atoms with van der Waals surface area (Å²) in [6, 6.07) is 0.258. The van der Waals surface area contributed by atoms with Crippen LogP contribution < -0.4 is 5.32 Å². The summed E-state index contributed by atoms with van der Waals surface area (Å²) in [5.41, 5.74) is 0. The SMILES string of the molecule is CCCC(O)/C=C(/OC)C(=O)NC1CCCCC1. The van der Waals surface area contributed by atoms with E-state index in [1.165, 1.54) is 32.4 Å². The van der Waals surface area contributed by atoms with Crippen molar-refractivity contribution in [2.45, 2.75) is 64.0 Å². The fraction of sp³-hybridized carbons (Fsp3) is 0.786. The average Bonchev–Trinajstić information content (AvgIpc) is 2.37. The van der Waals surface area contributed by atoms with Crippen molar-refractivity contribution < 1.29 is 14.6 Å². The second kappa shape index (κ2) is 8.14. The Morgan fingerprint density at radius 3 is 2.67 bits per heavy atom. The van der Waals surface area contributed by atoms with Crippen LogP contribution >= 0.6 is 0 Å². The standard InChI is InChI=1S/C14H25NO3/c1-3-7-12(16)10-13(18-2)14(17)15-11-8-5-4-6-9-11/h10-12,16H,3-9H2,1-2H3,(H,15,17)/b13-10+. The summed E-state index contributed by atoms with van der Waals surface area (Å²) in [5.74, 6) is 0.0149. The third kappa shape index (κ3) is 5.08. The van der Waals surface area contributed by atoms with Gasteiger partial charge < -0.3 is 15.2 Å². The molecule has 1 aliphatic carbocycles. The maximum Gasteiger partial charge on any atom is 0.286 e. The molecule has 1 atom stereocenters. The van der Waals surface area contributed by atoms with Crippen molar-refractivity contribution in [1.82, 2.24) is 5.32 Å². The van der Waals surface area contributed by atoms with Crippen LogP contribution in [0.3, 0.4) is 0 Å². The minimum absolute atomic E-state index is 0.209. The van der Waals surface area contributed by atoms with Crippen LogP contribution in [0.4, 0.5) is 0 Å². The fourth-order valence-corrected chi connectivity index (χ4v) is 2.29. The van der Waals surface area contributed by atoms with Crippen LogP contribution in [0.5, 0.6) is 0 Å². The number of ether oxygens (including phenoxy) is 1. The zero-order valence-electron chi connectivity index (χ0n) is 11.4. The minimum atomic E-state index is -0.609. The maximum absolute atomic E-state index is 12.0. The number of aliphatic hydroxyl groups excluding tert-OH is 1. The highest BCUT2D eigenvalue weighted by Crippen LogP contribution is 2.17. The van der Waals surface area contributed by atoms with E-state index in [1.54, 1.807) is 0 Å². The van der Waals surface area contributed by atoms with Gasteiger partial charge in [0.25, 0.3) is 5.91 Å². The van der Waals surface area contributed by atoms with Gasteiger partial charge in [0.15, 0.2) is 5.76 Å². The molecule has 1 fully saturated rings. The Balaban J connectivity index is 2.50. The number of rotatable bonds is 6. The minimum Gasteiger partial charge on any atom is -0.491 e. The first-order chi connectivity index (χ1) is 8.67. The van der Waals surface area contributed by atoms with Gasteiger partial charge in [-0.1, -0.05) is 32.6 Å². The summed E-state index contributed by atoms with van der Waals surface area (Å²) in [6.45, 7) is 1.99. The summed E-state index contributed by atoms with van der Waals surface area (Å²) in [4.78, 5) is 12.0. The van der Waals surface area contributed by atoms with E-state index in [4.69, 9.17) is 4.74 Å². The number of aliphatic hydroxyl groups is 1. The molecule has 0 aromatic rings. The van der Waals surface area contributed by atoms with Crippen molar-refractivity contribution >= 4 is 5.91 Å².